The standard InChI is InChI=1S/C22H46O2/c1-4-7-10-12-14-17-20-23-22(19-16-9-6-3)24-21-18-15-13-11-8-5-2/h22H,4-21H2,1-3H3. The van der Waals surface area contributed by atoms with Crippen LogP contribution >= 0.6 is 0 Å². The van der Waals surface area contributed by atoms with Crippen molar-refractivity contribution >= 4 is 0 Å². The Morgan fingerprint density at radius 3 is 1.29 bits per heavy atom. The third-order valence-electron chi connectivity index (χ3n) is 4.65. The van der Waals surface area contributed by atoms with E-state index in [-0.39, 0.29) is 6.29 Å². The first-order valence-corrected chi connectivity index (χ1v) is 11.1. The molecule has 0 aliphatic heterocycles. The number of unbranched alkanes of at least 4 members (excludes halogenated alkanes) is 12. The van der Waals surface area contributed by atoms with Gasteiger partial charge >= 0.3 is 0 Å². The summed E-state index contributed by atoms with van der Waals surface area (Å²) in [6.07, 6.45) is 20.8. The largest absolute Gasteiger partial charge is 0.353 e. The van der Waals surface area contributed by atoms with E-state index in [4.69, 9.17) is 9.47 Å². The van der Waals surface area contributed by atoms with Gasteiger partial charge in [-0.25, -0.2) is 0 Å². The Labute approximate surface area is 153 Å². The lowest BCUT2D eigenvalue weighted by Crippen LogP contribution is -2.19. The minimum absolute atomic E-state index is 0.0443. The highest BCUT2D eigenvalue weighted by molar-refractivity contribution is 4.51. The van der Waals surface area contributed by atoms with Crippen LogP contribution in [0.2, 0.25) is 0 Å². The fraction of sp³-hybridized carbons (Fsp3) is 1.00. The predicted octanol–water partition coefficient (Wildman–Crippen LogP) is 7.65. The minimum Gasteiger partial charge on any atom is -0.353 e. The molecule has 0 unspecified atom stereocenters. The Kier molecular flexibility index (Phi) is 20.9. The first-order chi connectivity index (χ1) is 11.8. The van der Waals surface area contributed by atoms with E-state index < -0.39 is 0 Å². The lowest BCUT2D eigenvalue weighted by molar-refractivity contribution is -0.148. The summed E-state index contributed by atoms with van der Waals surface area (Å²) >= 11 is 0. The van der Waals surface area contributed by atoms with Crippen molar-refractivity contribution in [2.45, 2.75) is 130 Å². The van der Waals surface area contributed by atoms with Crippen molar-refractivity contribution in [3.05, 3.63) is 0 Å². The van der Waals surface area contributed by atoms with Crippen LogP contribution in [0.5, 0.6) is 0 Å². The minimum atomic E-state index is 0.0443. The first kappa shape index (κ1) is 23.9. The third kappa shape index (κ3) is 18.3. The van der Waals surface area contributed by atoms with Crippen molar-refractivity contribution < 1.29 is 9.47 Å². The number of hydrogen-bond acceptors (Lipinski definition) is 2. The van der Waals surface area contributed by atoms with Crippen LogP contribution in [0.3, 0.4) is 0 Å². The lowest BCUT2D eigenvalue weighted by atomic mass is 10.1. The number of ether oxygens (including phenoxy) is 2. The summed E-state index contributed by atoms with van der Waals surface area (Å²) < 4.78 is 12.0. The van der Waals surface area contributed by atoms with E-state index in [2.05, 4.69) is 20.8 Å². The molecule has 0 radical (unpaired) electrons. The van der Waals surface area contributed by atoms with Crippen molar-refractivity contribution in [3.63, 3.8) is 0 Å². The Bertz CT molecular complexity index is 200. The van der Waals surface area contributed by atoms with Gasteiger partial charge in [0.1, 0.15) is 0 Å². The van der Waals surface area contributed by atoms with Crippen LogP contribution in [0.1, 0.15) is 124 Å². The second-order valence-corrected chi connectivity index (χ2v) is 7.20. The second-order valence-electron chi connectivity index (χ2n) is 7.20. The SMILES string of the molecule is CCCCCCCCOC(CCCCC)OCCCCCCCC. The van der Waals surface area contributed by atoms with Crippen LogP contribution in [0.4, 0.5) is 0 Å². The Balaban J connectivity index is 3.64. The molecule has 0 aromatic rings. The van der Waals surface area contributed by atoms with E-state index in [1.165, 1.54) is 96.3 Å². The Morgan fingerprint density at radius 2 is 0.833 bits per heavy atom. The fourth-order valence-corrected chi connectivity index (χ4v) is 2.97. The van der Waals surface area contributed by atoms with Crippen molar-refractivity contribution in [1.82, 2.24) is 0 Å². The molecule has 0 saturated heterocycles. The van der Waals surface area contributed by atoms with Gasteiger partial charge in [0.05, 0.1) is 0 Å². The molecule has 0 aromatic carbocycles. The summed E-state index contributed by atoms with van der Waals surface area (Å²) in [4.78, 5) is 0. The van der Waals surface area contributed by atoms with E-state index in [0.29, 0.717) is 0 Å². The lowest BCUT2D eigenvalue weighted by Gasteiger charge is -2.18. The van der Waals surface area contributed by atoms with Gasteiger partial charge in [0.25, 0.3) is 0 Å². The molecule has 0 fully saturated rings. The number of rotatable bonds is 20. The fourth-order valence-electron chi connectivity index (χ4n) is 2.97. The average molecular weight is 343 g/mol. The normalized spacial score (nSPS) is 11.5. The molecule has 0 aliphatic rings. The predicted molar refractivity (Wildman–Crippen MR) is 107 cm³/mol. The van der Waals surface area contributed by atoms with Crippen molar-refractivity contribution in [2.75, 3.05) is 13.2 Å². The van der Waals surface area contributed by atoms with Crippen LogP contribution in [0.15, 0.2) is 0 Å². The van der Waals surface area contributed by atoms with Crippen LogP contribution in [-0.4, -0.2) is 19.5 Å². The van der Waals surface area contributed by atoms with Gasteiger partial charge in [-0.2, -0.15) is 0 Å². The van der Waals surface area contributed by atoms with E-state index >= 15 is 0 Å². The summed E-state index contributed by atoms with van der Waals surface area (Å²) in [6, 6.07) is 0. The van der Waals surface area contributed by atoms with E-state index in [1.54, 1.807) is 0 Å². The van der Waals surface area contributed by atoms with Crippen LogP contribution < -0.4 is 0 Å². The highest BCUT2D eigenvalue weighted by Crippen LogP contribution is 2.12. The van der Waals surface area contributed by atoms with Gasteiger partial charge in [-0.3, -0.25) is 0 Å². The van der Waals surface area contributed by atoms with Crippen molar-refractivity contribution in [3.8, 4) is 0 Å². The zero-order chi connectivity index (χ0) is 17.7. The topological polar surface area (TPSA) is 18.5 Å². The van der Waals surface area contributed by atoms with E-state index in [0.717, 1.165) is 19.6 Å². The monoisotopic (exact) mass is 342 g/mol. The van der Waals surface area contributed by atoms with Gasteiger partial charge in [0, 0.05) is 13.2 Å². The molecule has 0 bridgehead atoms. The zero-order valence-electron chi connectivity index (χ0n) is 17.1. The van der Waals surface area contributed by atoms with Gasteiger partial charge in [-0.05, 0) is 25.7 Å². The molecule has 2 heteroatoms. The quantitative estimate of drug-likeness (QED) is 0.167. The van der Waals surface area contributed by atoms with Crippen LogP contribution in [0, 0.1) is 0 Å². The average Bonchev–Trinajstić information content (AvgIpc) is 2.59. The maximum atomic E-state index is 6.02. The summed E-state index contributed by atoms with van der Waals surface area (Å²) in [5.74, 6) is 0. The first-order valence-electron chi connectivity index (χ1n) is 11.1. The van der Waals surface area contributed by atoms with Gasteiger partial charge in [0.15, 0.2) is 6.29 Å². The summed E-state index contributed by atoms with van der Waals surface area (Å²) in [5, 5.41) is 0. The van der Waals surface area contributed by atoms with Crippen molar-refractivity contribution in [2.24, 2.45) is 0 Å². The molecule has 24 heavy (non-hydrogen) atoms. The highest BCUT2D eigenvalue weighted by Gasteiger charge is 2.09. The Morgan fingerprint density at radius 1 is 0.458 bits per heavy atom. The maximum Gasteiger partial charge on any atom is 0.157 e. The molecule has 0 heterocycles. The smallest absolute Gasteiger partial charge is 0.157 e. The summed E-state index contributed by atoms with van der Waals surface area (Å²) in [7, 11) is 0. The van der Waals surface area contributed by atoms with Gasteiger partial charge < -0.3 is 9.47 Å². The molecule has 2 nitrogen and oxygen atoms in total. The molecule has 0 N–H and O–H groups in total. The molecule has 0 aliphatic carbocycles. The molecular formula is C22H46O2. The highest BCUT2D eigenvalue weighted by atomic mass is 16.7. The van der Waals surface area contributed by atoms with Crippen molar-refractivity contribution in [1.29, 1.82) is 0 Å². The molecule has 0 atom stereocenters. The van der Waals surface area contributed by atoms with Gasteiger partial charge in [-0.15, -0.1) is 0 Å². The third-order valence-corrected chi connectivity index (χ3v) is 4.65. The number of hydrogen-bond donors (Lipinski definition) is 0. The zero-order valence-corrected chi connectivity index (χ0v) is 17.1. The molecule has 0 spiro atoms. The molecular weight excluding hydrogens is 296 g/mol. The molecule has 0 amide bonds. The second kappa shape index (κ2) is 21.0. The maximum absolute atomic E-state index is 6.02. The Hall–Kier alpha value is -0.0800. The molecule has 0 aromatic heterocycles. The van der Waals surface area contributed by atoms with Crippen LogP contribution in [-0.2, 0) is 9.47 Å². The molecule has 0 saturated carbocycles. The summed E-state index contributed by atoms with van der Waals surface area (Å²) in [5.41, 5.74) is 0. The molecule has 0 rings (SSSR count). The van der Waals surface area contributed by atoms with E-state index in [1.807, 2.05) is 0 Å². The van der Waals surface area contributed by atoms with Gasteiger partial charge in [-0.1, -0.05) is 97.8 Å². The molecule has 146 valence electrons. The van der Waals surface area contributed by atoms with Crippen LogP contribution in [0.25, 0.3) is 0 Å². The van der Waals surface area contributed by atoms with E-state index in [9.17, 15) is 0 Å². The summed E-state index contributed by atoms with van der Waals surface area (Å²) in [6.45, 7) is 8.54. The van der Waals surface area contributed by atoms with Gasteiger partial charge in [0.2, 0.25) is 0 Å².